The fraction of sp³-hybridized carbons (Fsp3) is 0.417. The van der Waals surface area contributed by atoms with Crippen molar-refractivity contribution in [3.63, 3.8) is 0 Å². The molecular weight excluding hydrogens is 393 g/mol. The predicted molar refractivity (Wildman–Crippen MR) is 110 cm³/mol. The molecule has 0 bridgehead atoms. The van der Waals surface area contributed by atoms with Crippen molar-refractivity contribution in [2.75, 3.05) is 19.8 Å². The van der Waals surface area contributed by atoms with Crippen LogP contribution in [0.25, 0.3) is 11.1 Å². The summed E-state index contributed by atoms with van der Waals surface area (Å²) < 4.78 is 60.4. The molecule has 0 aromatic heterocycles. The smallest absolute Gasteiger partial charge is 0.166 e. The van der Waals surface area contributed by atoms with Gasteiger partial charge in [0.1, 0.15) is 6.61 Å². The molecule has 2 aromatic carbocycles. The van der Waals surface area contributed by atoms with Crippen LogP contribution in [0.2, 0.25) is 0 Å². The first-order valence-corrected chi connectivity index (χ1v) is 10.3. The van der Waals surface area contributed by atoms with E-state index in [0.29, 0.717) is 19.4 Å². The zero-order chi connectivity index (χ0) is 21.5. The van der Waals surface area contributed by atoms with Crippen LogP contribution in [0.4, 0.5) is 13.2 Å². The average Bonchev–Trinajstić information content (AvgIpc) is 2.75. The second-order valence-electron chi connectivity index (χ2n) is 7.34. The predicted octanol–water partition coefficient (Wildman–Crippen LogP) is 6.37. The Bertz CT molecular complexity index is 861. The average molecular weight is 420 g/mol. The molecule has 1 aliphatic rings. The summed E-state index contributed by atoms with van der Waals surface area (Å²) in [5.41, 5.74) is 0.517. The Morgan fingerprint density at radius 1 is 1.13 bits per heavy atom. The molecule has 0 spiro atoms. The van der Waals surface area contributed by atoms with Gasteiger partial charge in [0.05, 0.1) is 6.61 Å². The van der Waals surface area contributed by atoms with Gasteiger partial charge in [0.15, 0.2) is 29.5 Å². The van der Waals surface area contributed by atoms with Crippen molar-refractivity contribution in [1.29, 1.82) is 0 Å². The summed E-state index contributed by atoms with van der Waals surface area (Å²) in [7, 11) is 0. The molecule has 1 heterocycles. The van der Waals surface area contributed by atoms with Gasteiger partial charge in [-0.25, -0.2) is 13.2 Å². The number of hydrogen-bond acceptors (Lipinski definition) is 3. The van der Waals surface area contributed by atoms with Crippen LogP contribution in [0.3, 0.4) is 0 Å². The van der Waals surface area contributed by atoms with Gasteiger partial charge in [-0.2, -0.15) is 0 Å². The molecule has 3 nitrogen and oxygen atoms in total. The summed E-state index contributed by atoms with van der Waals surface area (Å²) >= 11 is 0. The lowest BCUT2D eigenvalue weighted by Gasteiger charge is -2.29. The summed E-state index contributed by atoms with van der Waals surface area (Å²) in [6.45, 7) is 6.65. The molecule has 1 fully saturated rings. The van der Waals surface area contributed by atoms with Crippen molar-refractivity contribution in [2.24, 2.45) is 0 Å². The molecule has 1 saturated heterocycles. The summed E-state index contributed by atoms with van der Waals surface area (Å²) in [5.74, 6) is -2.77. The maximum atomic E-state index is 14.8. The standard InChI is InChI=1S/C24H27F3O3/c1-3-5-13-29-22-11-7-17(15-30-22)19-9-8-18(23(26)24(19)27)16-6-10-21(20(25)14-16)28-12-4-2/h4,6,8-10,14,17,22H,2-3,5,7,11-13,15H2,1H3. The first kappa shape index (κ1) is 22.4. The highest BCUT2D eigenvalue weighted by Gasteiger charge is 2.27. The molecule has 3 rings (SSSR count). The fourth-order valence-electron chi connectivity index (χ4n) is 3.50. The second kappa shape index (κ2) is 10.6. The van der Waals surface area contributed by atoms with E-state index in [1.807, 2.05) is 0 Å². The van der Waals surface area contributed by atoms with Crippen molar-refractivity contribution in [1.82, 2.24) is 0 Å². The van der Waals surface area contributed by atoms with Crippen LogP contribution in [0.15, 0.2) is 43.0 Å². The van der Waals surface area contributed by atoms with E-state index in [-0.39, 0.29) is 47.9 Å². The van der Waals surface area contributed by atoms with Crippen LogP contribution in [0, 0.1) is 17.5 Å². The third-order valence-electron chi connectivity index (χ3n) is 5.19. The van der Waals surface area contributed by atoms with E-state index in [1.165, 1.54) is 24.3 Å². The molecule has 30 heavy (non-hydrogen) atoms. The van der Waals surface area contributed by atoms with E-state index in [9.17, 15) is 13.2 Å². The zero-order valence-electron chi connectivity index (χ0n) is 17.1. The Hall–Kier alpha value is -2.31. The van der Waals surface area contributed by atoms with E-state index >= 15 is 0 Å². The van der Waals surface area contributed by atoms with Crippen LogP contribution >= 0.6 is 0 Å². The van der Waals surface area contributed by atoms with E-state index in [1.54, 1.807) is 6.07 Å². The van der Waals surface area contributed by atoms with Crippen molar-refractivity contribution < 1.29 is 27.4 Å². The van der Waals surface area contributed by atoms with Crippen LogP contribution in [0.5, 0.6) is 5.75 Å². The number of rotatable bonds is 9. The molecular formula is C24H27F3O3. The minimum atomic E-state index is -0.993. The minimum absolute atomic E-state index is 0.00271. The molecule has 0 N–H and O–H groups in total. The maximum Gasteiger partial charge on any atom is 0.166 e. The fourth-order valence-corrected chi connectivity index (χ4v) is 3.50. The first-order chi connectivity index (χ1) is 14.5. The Balaban J connectivity index is 1.72. The number of halogens is 3. The van der Waals surface area contributed by atoms with Gasteiger partial charge in [0.2, 0.25) is 0 Å². The molecule has 2 aromatic rings. The lowest BCUT2D eigenvalue weighted by Crippen LogP contribution is -2.28. The van der Waals surface area contributed by atoms with Crippen LogP contribution in [0.1, 0.15) is 44.1 Å². The number of benzene rings is 2. The van der Waals surface area contributed by atoms with E-state index in [2.05, 4.69) is 13.5 Å². The Labute approximate surface area is 175 Å². The van der Waals surface area contributed by atoms with Gasteiger partial charge in [-0.1, -0.05) is 44.2 Å². The van der Waals surface area contributed by atoms with Crippen molar-refractivity contribution in [3.05, 3.63) is 66.0 Å². The highest BCUT2D eigenvalue weighted by atomic mass is 19.2. The molecule has 162 valence electrons. The lowest BCUT2D eigenvalue weighted by atomic mass is 9.90. The van der Waals surface area contributed by atoms with Gasteiger partial charge in [0, 0.05) is 18.1 Å². The van der Waals surface area contributed by atoms with E-state index in [0.717, 1.165) is 18.9 Å². The SMILES string of the molecule is C=CCOc1ccc(-c2ccc(C3CCC(OCCCC)OC3)c(F)c2F)cc1F. The highest BCUT2D eigenvalue weighted by molar-refractivity contribution is 5.66. The van der Waals surface area contributed by atoms with Gasteiger partial charge in [0.25, 0.3) is 0 Å². The largest absolute Gasteiger partial charge is 0.486 e. The van der Waals surface area contributed by atoms with Gasteiger partial charge in [-0.3, -0.25) is 0 Å². The summed E-state index contributed by atoms with van der Waals surface area (Å²) in [5, 5.41) is 0. The van der Waals surface area contributed by atoms with Gasteiger partial charge in [-0.15, -0.1) is 0 Å². The molecule has 2 atom stereocenters. The topological polar surface area (TPSA) is 27.7 Å². The molecule has 0 radical (unpaired) electrons. The second-order valence-corrected chi connectivity index (χ2v) is 7.34. The lowest BCUT2D eigenvalue weighted by molar-refractivity contribution is -0.167. The van der Waals surface area contributed by atoms with Crippen molar-refractivity contribution in [2.45, 2.75) is 44.8 Å². The molecule has 0 saturated carbocycles. The molecule has 1 aliphatic heterocycles. The normalized spacial score (nSPS) is 18.9. The first-order valence-electron chi connectivity index (χ1n) is 10.3. The maximum absolute atomic E-state index is 14.8. The van der Waals surface area contributed by atoms with Crippen molar-refractivity contribution >= 4 is 0 Å². The quantitative estimate of drug-likeness (QED) is 0.348. The van der Waals surface area contributed by atoms with Gasteiger partial charge < -0.3 is 14.2 Å². The molecule has 2 unspecified atom stereocenters. The zero-order valence-corrected chi connectivity index (χ0v) is 17.1. The summed E-state index contributed by atoms with van der Waals surface area (Å²) in [6.07, 6.45) is 4.50. The molecule has 6 heteroatoms. The summed E-state index contributed by atoms with van der Waals surface area (Å²) in [4.78, 5) is 0. The van der Waals surface area contributed by atoms with E-state index in [4.69, 9.17) is 14.2 Å². The van der Waals surface area contributed by atoms with Crippen LogP contribution in [-0.4, -0.2) is 26.1 Å². The molecule has 0 aliphatic carbocycles. The van der Waals surface area contributed by atoms with Gasteiger partial charge >= 0.3 is 0 Å². The number of ether oxygens (including phenoxy) is 3. The molecule has 0 amide bonds. The number of hydrogen-bond donors (Lipinski definition) is 0. The van der Waals surface area contributed by atoms with Crippen LogP contribution < -0.4 is 4.74 Å². The van der Waals surface area contributed by atoms with Gasteiger partial charge in [-0.05, 0) is 42.5 Å². The third kappa shape index (κ3) is 5.24. The van der Waals surface area contributed by atoms with E-state index < -0.39 is 17.5 Å². The monoisotopic (exact) mass is 420 g/mol. The Morgan fingerprint density at radius 2 is 1.97 bits per heavy atom. The minimum Gasteiger partial charge on any atom is -0.486 e. The summed E-state index contributed by atoms with van der Waals surface area (Å²) in [6, 6.07) is 7.07. The Kier molecular flexibility index (Phi) is 7.94. The Morgan fingerprint density at radius 3 is 2.63 bits per heavy atom. The highest BCUT2D eigenvalue weighted by Crippen LogP contribution is 2.35. The van der Waals surface area contributed by atoms with Crippen LogP contribution in [-0.2, 0) is 9.47 Å². The number of unbranched alkanes of at least 4 members (excludes halogenated alkanes) is 1. The van der Waals surface area contributed by atoms with Crippen molar-refractivity contribution in [3.8, 4) is 16.9 Å². The third-order valence-corrected chi connectivity index (χ3v) is 5.19.